The molecule has 0 saturated carbocycles. The number of carboxylic acid groups (broad SMARTS) is 1. The molecule has 8 nitrogen and oxygen atoms in total. The lowest BCUT2D eigenvalue weighted by molar-refractivity contribution is -0.137. The molecule has 0 saturated heterocycles. The molecule has 1 aromatic carbocycles. The van der Waals surface area contributed by atoms with E-state index >= 15 is 0 Å². The number of nitrogens with zero attached hydrogens (tertiary/aromatic N) is 2. The SMILES string of the molecule is O=C(O)Cn1ccc(NC(=O)[C@@H]2CC(=O)Nc3cc(F)ccc32)n1. The van der Waals surface area contributed by atoms with E-state index in [1.807, 2.05) is 0 Å². The van der Waals surface area contributed by atoms with Gasteiger partial charge in [0.2, 0.25) is 11.8 Å². The molecule has 0 fully saturated rings. The summed E-state index contributed by atoms with van der Waals surface area (Å²) in [5, 5.41) is 17.7. The van der Waals surface area contributed by atoms with Gasteiger partial charge >= 0.3 is 5.97 Å². The molecular weight excluding hydrogens is 319 g/mol. The number of carbonyl (C=O) groups excluding carboxylic acids is 2. The topological polar surface area (TPSA) is 113 Å². The highest BCUT2D eigenvalue weighted by atomic mass is 19.1. The molecular formula is C15H13FN4O4. The Morgan fingerprint density at radius 1 is 1.42 bits per heavy atom. The molecule has 3 rings (SSSR count). The van der Waals surface area contributed by atoms with Gasteiger partial charge < -0.3 is 15.7 Å². The zero-order chi connectivity index (χ0) is 17.3. The van der Waals surface area contributed by atoms with Crippen molar-refractivity contribution in [2.75, 3.05) is 10.6 Å². The van der Waals surface area contributed by atoms with Crippen molar-refractivity contribution in [2.45, 2.75) is 18.9 Å². The van der Waals surface area contributed by atoms with Gasteiger partial charge in [-0.15, -0.1) is 0 Å². The molecule has 1 aromatic heterocycles. The van der Waals surface area contributed by atoms with Crippen LogP contribution >= 0.6 is 0 Å². The molecule has 1 aliphatic heterocycles. The number of benzene rings is 1. The van der Waals surface area contributed by atoms with Crippen molar-refractivity contribution >= 4 is 29.3 Å². The van der Waals surface area contributed by atoms with Crippen molar-refractivity contribution in [3.63, 3.8) is 0 Å². The third kappa shape index (κ3) is 3.24. The number of carbonyl (C=O) groups is 3. The number of hydrogen-bond acceptors (Lipinski definition) is 4. The van der Waals surface area contributed by atoms with Crippen molar-refractivity contribution in [1.29, 1.82) is 0 Å². The molecule has 2 aromatic rings. The molecule has 2 heterocycles. The lowest BCUT2D eigenvalue weighted by Gasteiger charge is -2.24. The Labute approximate surface area is 135 Å². The maximum Gasteiger partial charge on any atom is 0.325 e. The summed E-state index contributed by atoms with van der Waals surface area (Å²) in [5.74, 6) is -3.03. The molecule has 0 radical (unpaired) electrons. The van der Waals surface area contributed by atoms with Crippen LogP contribution in [0.2, 0.25) is 0 Å². The van der Waals surface area contributed by atoms with Gasteiger partial charge in [-0.2, -0.15) is 5.10 Å². The standard InChI is InChI=1S/C15H13FN4O4/c16-8-1-2-9-10(6-13(21)17-11(9)5-8)15(24)18-12-3-4-20(19-12)7-14(22)23/h1-5,10H,6-7H2,(H,17,21)(H,22,23)(H,18,19,24)/t10-/m1/s1. The van der Waals surface area contributed by atoms with Crippen LogP contribution in [0.25, 0.3) is 0 Å². The van der Waals surface area contributed by atoms with Crippen LogP contribution < -0.4 is 10.6 Å². The van der Waals surface area contributed by atoms with E-state index in [2.05, 4.69) is 15.7 Å². The van der Waals surface area contributed by atoms with Crippen LogP contribution in [0.15, 0.2) is 30.5 Å². The van der Waals surface area contributed by atoms with E-state index in [-0.39, 0.29) is 30.4 Å². The van der Waals surface area contributed by atoms with E-state index < -0.39 is 23.6 Å². The molecule has 0 spiro atoms. The minimum Gasteiger partial charge on any atom is -0.480 e. The lowest BCUT2D eigenvalue weighted by Crippen LogP contribution is -2.31. The quantitative estimate of drug-likeness (QED) is 0.778. The van der Waals surface area contributed by atoms with Gasteiger partial charge in [0.25, 0.3) is 0 Å². The number of hydrogen-bond donors (Lipinski definition) is 3. The number of aliphatic carboxylic acids is 1. The third-order valence-electron chi connectivity index (χ3n) is 3.56. The Kier molecular flexibility index (Phi) is 3.98. The molecule has 124 valence electrons. The first-order chi connectivity index (χ1) is 11.4. The summed E-state index contributed by atoms with van der Waals surface area (Å²) in [5.41, 5.74) is 0.779. The Morgan fingerprint density at radius 2 is 2.21 bits per heavy atom. The highest BCUT2D eigenvalue weighted by Gasteiger charge is 2.31. The number of anilines is 2. The molecule has 2 amide bonds. The van der Waals surface area contributed by atoms with Gasteiger partial charge in [-0.05, 0) is 17.7 Å². The van der Waals surface area contributed by atoms with E-state index in [0.717, 1.165) is 10.7 Å². The summed E-state index contributed by atoms with van der Waals surface area (Å²) in [6.07, 6.45) is 1.35. The predicted molar refractivity (Wildman–Crippen MR) is 80.9 cm³/mol. The fourth-order valence-corrected chi connectivity index (χ4v) is 2.54. The summed E-state index contributed by atoms with van der Waals surface area (Å²) in [4.78, 5) is 34.8. The molecule has 0 aliphatic carbocycles. The van der Waals surface area contributed by atoms with Crippen molar-refractivity contribution in [2.24, 2.45) is 0 Å². The lowest BCUT2D eigenvalue weighted by atomic mass is 9.89. The van der Waals surface area contributed by atoms with E-state index in [0.29, 0.717) is 5.56 Å². The van der Waals surface area contributed by atoms with E-state index in [1.165, 1.54) is 24.4 Å². The van der Waals surface area contributed by atoms with Crippen LogP contribution in [0.5, 0.6) is 0 Å². The van der Waals surface area contributed by atoms with Crippen LogP contribution in [0.4, 0.5) is 15.9 Å². The van der Waals surface area contributed by atoms with Gasteiger partial charge in [-0.1, -0.05) is 6.07 Å². The molecule has 3 N–H and O–H groups in total. The fourth-order valence-electron chi connectivity index (χ4n) is 2.54. The Balaban J connectivity index is 1.79. The van der Waals surface area contributed by atoms with Gasteiger partial charge in [0, 0.05) is 24.4 Å². The smallest absolute Gasteiger partial charge is 0.325 e. The van der Waals surface area contributed by atoms with Crippen LogP contribution in [-0.4, -0.2) is 32.7 Å². The van der Waals surface area contributed by atoms with Crippen LogP contribution in [0.1, 0.15) is 17.9 Å². The van der Waals surface area contributed by atoms with E-state index in [4.69, 9.17) is 5.11 Å². The maximum atomic E-state index is 13.3. The average Bonchev–Trinajstić information content (AvgIpc) is 2.92. The number of aromatic nitrogens is 2. The number of amides is 2. The second-order valence-corrected chi connectivity index (χ2v) is 5.32. The highest BCUT2D eigenvalue weighted by molar-refractivity contribution is 6.04. The van der Waals surface area contributed by atoms with Gasteiger partial charge in [0.1, 0.15) is 12.4 Å². The van der Waals surface area contributed by atoms with Crippen LogP contribution in [-0.2, 0) is 20.9 Å². The normalized spacial score (nSPS) is 16.2. The van der Waals surface area contributed by atoms with Crippen molar-refractivity contribution in [3.8, 4) is 0 Å². The summed E-state index contributed by atoms with van der Waals surface area (Å²) in [6, 6.07) is 5.29. The largest absolute Gasteiger partial charge is 0.480 e. The molecule has 0 unspecified atom stereocenters. The average molecular weight is 332 g/mol. The molecule has 1 aliphatic rings. The predicted octanol–water partition coefficient (Wildman–Crippen LogP) is 1.17. The minimum atomic E-state index is -1.06. The second kappa shape index (κ2) is 6.11. The zero-order valence-electron chi connectivity index (χ0n) is 12.3. The van der Waals surface area contributed by atoms with Gasteiger partial charge in [-0.3, -0.25) is 19.1 Å². The van der Waals surface area contributed by atoms with Crippen LogP contribution in [0.3, 0.4) is 0 Å². The van der Waals surface area contributed by atoms with Gasteiger partial charge in [0.15, 0.2) is 5.82 Å². The summed E-state index contributed by atoms with van der Waals surface area (Å²) in [7, 11) is 0. The number of nitrogens with one attached hydrogen (secondary N) is 2. The second-order valence-electron chi connectivity index (χ2n) is 5.32. The van der Waals surface area contributed by atoms with Crippen molar-refractivity contribution in [3.05, 3.63) is 41.8 Å². The first-order valence-electron chi connectivity index (χ1n) is 7.08. The molecule has 0 bridgehead atoms. The monoisotopic (exact) mass is 332 g/mol. The first-order valence-corrected chi connectivity index (χ1v) is 7.08. The fraction of sp³-hybridized carbons (Fsp3) is 0.200. The summed E-state index contributed by atoms with van der Waals surface area (Å²) < 4.78 is 14.5. The molecule has 9 heteroatoms. The van der Waals surface area contributed by atoms with E-state index in [1.54, 1.807) is 0 Å². The van der Waals surface area contributed by atoms with Gasteiger partial charge in [0.05, 0.1) is 5.92 Å². The number of carboxylic acids is 1. The Hall–Kier alpha value is -3.23. The maximum absolute atomic E-state index is 13.3. The number of halogens is 1. The first kappa shape index (κ1) is 15.7. The minimum absolute atomic E-state index is 0.0691. The number of rotatable bonds is 4. The van der Waals surface area contributed by atoms with Crippen LogP contribution in [0, 0.1) is 5.82 Å². The Morgan fingerprint density at radius 3 is 2.96 bits per heavy atom. The third-order valence-corrected chi connectivity index (χ3v) is 3.56. The number of fused-ring (bicyclic) bond motifs is 1. The zero-order valence-corrected chi connectivity index (χ0v) is 12.3. The summed E-state index contributed by atoms with van der Waals surface area (Å²) >= 11 is 0. The highest BCUT2D eigenvalue weighted by Crippen LogP contribution is 2.33. The summed E-state index contributed by atoms with van der Waals surface area (Å²) in [6.45, 7) is -0.330. The molecule has 24 heavy (non-hydrogen) atoms. The van der Waals surface area contributed by atoms with Crippen molar-refractivity contribution < 1.29 is 23.9 Å². The van der Waals surface area contributed by atoms with Crippen molar-refractivity contribution in [1.82, 2.24) is 9.78 Å². The van der Waals surface area contributed by atoms with E-state index in [9.17, 15) is 18.8 Å². The Bertz CT molecular complexity index is 833. The molecule has 1 atom stereocenters. The van der Waals surface area contributed by atoms with Gasteiger partial charge in [-0.25, -0.2) is 4.39 Å².